The first-order valence-corrected chi connectivity index (χ1v) is 26.8. The van der Waals surface area contributed by atoms with Gasteiger partial charge in [0.05, 0.1) is 60.5 Å². The molecule has 4 atom stereocenters. The maximum Gasteiger partial charge on any atom is 0.258 e. The molecule has 4 amide bonds. The minimum Gasteiger partial charge on any atom is -0.495 e. The van der Waals surface area contributed by atoms with Gasteiger partial charge in [0.2, 0.25) is 17.8 Å². The van der Waals surface area contributed by atoms with E-state index in [2.05, 4.69) is 36.2 Å². The minimum atomic E-state index is -2.01. The maximum absolute atomic E-state index is 15.2. The molecular formula is C51H65ClFN9O8S2. The Kier molecular flexibility index (Phi) is 17.3. The molecule has 4 aromatic rings. The predicted octanol–water partition coefficient (Wildman–Crippen LogP) is 6.80. The molecule has 4 aliphatic rings. The number of morpholine rings is 1. The van der Waals surface area contributed by atoms with Gasteiger partial charge >= 0.3 is 0 Å². The Morgan fingerprint density at radius 3 is 2.50 bits per heavy atom. The fourth-order valence-corrected chi connectivity index (χ4v) is 11.8. The molecule has 2 saturated heterocycles. The van der Waals surface area contributed by atoms with Gasteiger partial charge in [-0.15, -0.1) is 11.3 Å². The number of carbonyl (C=O) groups is 4. The summed E-state index contributed by atoms with van der Waals surface area (Å²) in [7, 11) is 3.25. The molecule has 388 valence electrons. The first-order valence-electron chi connectivity index (χ1n) is 24.6. The second kappa shape index (κ2) is 23.4. The molecule has 0 bridgehead atoms. The van der Waals surface area contributed by atoms with Gasteiger partial charge in [0.1, 0.15) is 28.7 Å². The average Bonchev–Trinajstić information content (AvgIpc) is 3.79. The number of methoxy groups -OCH3 is 1. The molecule has 2 aromatic carbocycles. The number of aliphatic hydroxyl groups excluding tert-OH is 1. The number of ether oxygens (including phenoxy) is 3. The summed E-state index contributed by atoms with van der Waals surface area (Å²) in [5.41, 5.74) is 3.71. The van der Waals surface area contributed by atoms with Crippen LogP contribution in [0.25, 0.3) is 10.4 Å². The fourth-order valence-electron chi connectivity index (χ4n) is 9.45. The van der Waals surface area contributed by atoms with E-state index in [0.717, 1.165) is 47.4 Å². The average molecular weight is 1050 g/mol. The number of nitrogens with one attached hydrogen (secondary N) is 4. The Hall–Kier alpha value is -5.12. The molecule has 4 heterocycles. The van der Waals surface area contributed by atoms with Crippen LogP contribution >= 0.6 is 34.7 Å². The van der Waals surface area contributed by atoms with Crippen LogP contribution in [-0.2, 0) is 30.4 Å². The highest BCUT2D eigenvalue weighted by Crippen LogP contribution is 2.42. The first-order chi connectivity index (χ1) is 34.5. The van der Waals surface area contributed by atoms with E-state index < -0.39 is 46.3 Å². The van der Waals surface area contributed by atoms with E-state index in [4.69, 9.17) is 25.8 Å². The van der Waals surface area contributed by atoms with Gasteiger partial charge in [0.15, 0.2) is 5.67 Å². The van der Waals surface area contributed by atoms with Crippen LogP contribution in [-0.4, -0.2) is 148 Å². The molecule has 2 aliphatic carbocycles. The lowest BCUT2D eigenvalue weighted by Gasteiger charge is -2.38. The third-order valence-corrected chi connectivity index (χ3v) is 16.9. The summed E-state index contributed by atoms with van der Waals surface area (Å²) in [5, 5.41) is 22.9. The van der Waals surface area contributed by atoms with Crippen LogP contribution in [0.4, 0.5) is 21.8 Å². The summed E-state index contributed by atoms with van der Waals surface area (Å²) < 4.78 is 32.1. The van der Waals surface area contributed by atoms with Crippen LogP contribution in [0.5, 0.6) is 5.75 Å². The van der Waals surface area contributed by atoms with E-state index in [1.807, 2.05) is 45.0 Å². The number of thioether (sulfide) groups is 1. The Morgan fingerprint density at radius 1 is 1.06 bits per heavy atom. The van der Waals surface area contributed by atoms with Gasteiger partial charge in [-0.1, -0.05) is 35.9 Å². The number of carbonyl (C=O) groups excluding carboxylic acids is 4. The van der Waals surface area contributed by atoms with Crippen LogP contribution in [0.15, 0.2) is 54.2 Å². The van der Waals surface area contributed by atoms with Crippen molar-refractivity contribution in [2.75, 3.05) is 70.0 Å². The molecule has 4 fully saturated rings. The lowest BCUT2D eigenvalue weighted by molar-refractivity contribution is -0.143. The summed E-state index contributed by atoms with van der Waals surface area (Å²) in [6.45, 7) is 8.02. The van der Waals surface area contributed by atoms with E-state index in [9.17, 15) is 24.3 Å². The number of alkyl halides is 1. The normalized spacial score (nSPS) is 22.2. The number of β-amino-alcohol motifs (C(OH)–C–C–N with tert-alkyl or cyclic N) is 1. The Morgan fingerprint density at radius 2 is 1.81 bits per heavy atom. The summed E-state index contributed by atoms with van der Waals surface area (Å²) in [5.74, 6) is 0.781. The molecule has 2 aromatic heterocycles. The van der Waals surface area contributed by atoms with Crippen molar-refractivity contribution >= 4 is 75.8 Å². The minimum absolute atomic E-state index is 0.0491. The molecule has 8 rings (SSSR count). The van der Waals surface area contributed by atoms with Gasteiger partial charge in [-0.05, 0) is 106 Å². The van der Waals surface area contributed by atoms with Crippen molar-refractivity contribution in [3.8, 4) is 16.2 Å². The Bertz CT molecular complexity index is 2560. The second-order valence-corrected chi connectivity index (χ2v) is 22.6. The van der Waals surface area contributed by atoms with Crippen molar-refractivity contribution in [1.29, 1.82) is 0 Å². The molecule has 17 nitrogen and oxygen atoms in total. The number of anilines is 3. The number of benzene rings is 2. The molecule has 0 radical (unpaired) electrons. The van der Waals surface area contributed by atoms with Gasteiger partial charge in [-0.3, -0.25) is 19.2 Å². The third kappa shape index (κ3) is 13.0. The number of aryl methyl sites for hydroxylation is 1. The van der Waals surface area contributed by atoms with Crippen LogP contribution in [0.1, 0.15) is 80.4 Å². The van der Waals surface area contributed by atoms with Crippen LogP contribution < -0.4 is 26.0 Å². The summed E-state index contributed by atoms with van der Waals surface area (Å²) in [6, 6.07) is 10.9. The van der Waals surface area contributed by atoms with Gasteiger partial charge < -0.3 is 50.4 Å². The number of likely N-dealkylation sites (tertiary alicyclic amines) is 1. The van der Waals surface area contributed by atoms with Crippen molar-refractivity contribution in [3.63, 3.8) is 0 Å². The number of hydrogen-bond donors (Lipinski definition) is 5. The Balaban J connectivity index is 0.795. The maximum atomic E-state index is 15.2. The number of hydrogen-bond acceptors (Lipinski definition) is 15. The summed E-state index contributed by atoms with van der Waals surface area (Å²) >= 11 is 9.26. The second-order valence-electron chi connectivity index (χ2n) is 19.7. The van der Waals surface area contributed by atoms with Gasteiger partial charge in [0.25, 0.3) is 11.8 Å². The zero-order valence-electron chi connectivity index (χ0n) is 41.4. The van der Waals surface area contributed by atoms with E-state index >= 15 is 4.39 Å². The number of aliphatic hydroxyl groups is 1. The molecule has 0 spiro atoms. The molecular weight excluding hydrogens is 985 g/mol. The van der Waals surface area contributed by atoms with E-state index in [1.165, 1.54) is 18.2 Å². The van der Waals surface area contributed by atoms with Crippen LogP contribution in [0, 0.1) is 18.8 Å². The standard InChI is InChI=1S/C51H65ClFN9O8S2/c1-30-42(71-29-57-30)34-12-10-31(11-13-34)22-55-45(64)40-21-36(63)24-62(40)47(66)43(59-48(67)51(53)16-17-51)50(2,3)72-28-33-8-6-32(7-9-33)26-69-27-37-25-61(18-19-70-37)46(65)35-14-15-39(41(20-35)68-5)58-49-56-23-38(52)44(54-4)60-49/h10-15,20,23,29,32-33,36-37,40,43,63H,6-9,16-19,21-22,24-28H2,1-5H3,(H,55,64)(H,59,67)(H2,54,56,58,60)/t32?,33?,36-,37?,40+,43?/m1/s1. The fraction of sp³-hybridized carbons (Fsp3) is 0.549. The summed E-state index contributed by atoms with van der Waals surface area (Å²) in [6.07, 6.45) is 4.34. The zero-order chi connectivity index (χ0) is 51.2. The molecule has 5 N–H and O–H groups in total. The highest BCUT2D eigenvalue weighted by Gasteiger charge is 2.54. The number of nitrogens with zero attached hydrogens (tertiary/aromatic N) is 5. The third-order valence-electron chi connectivity index (χ3n) is 14.0. The number of thiazole rings is 1. The smallest absolute Gasteiger partial charge is 0.258 e. The first kappa shape index (κ1) is 53.2. The number of amides is 4. The highest BCUT2D eigenvalue weighted by atomic mass is 35.5. The quantitative estimate of drug-likeness (QED) is 0.0617. The molecule has 2 unspecified atom stereocenters. The topological polar surface area (TPSA) is 209 Å². The van der Waals surface area contributed by atoms with Gasteiger partial charge in [0, 0.05) is 56.6 Å². The number of halogens is 2. The summed E-state index contributed by atoms with van der Waals surface area (Å²) in [4.78, 5) is 72.3. The van der Waals surface area contributed by atoms with Gasteiger partial charge in [-0.25, -0.2) is 14.4 Å². The van der Waals surface area contributed by atoms with Crippen LogP contribution in [0.2, 0.25) is 5.02 Å². The van der Waals surface area contributed by atoms with E-state index in [-0.39, 0.29) is 44.4 Å². The molecule has 2 saturated carbocycles. The van der Waals surface area contributed by atoms with E-state index in [1.54, 1.807) is 58.8 Å². The van der Waals surface area contributed by atoms with Gasteiger partial charge in [-0.2, -0.15) is 16.7 Å². The molecule has 21 heteroatoms. The molecule has 72 heavy (non-hydrogen) atoms. The largest absolute Gasteiger partial charge is 0.495 e. The van der Waals surface area contributed by atoms with Crippen molar-refractivity contribution in [1.82, 2.24) is 35.4 Å². The predicted molar refractivity (Wildman–Crippen MR) is 277 cm³/mol. The van der Waals surface area contributed by atoms with Crippen molar-refractivity contribution in [2.24, 2.45) is 11.8 Å². The molecule has 2 aliphatic heterocycles. The number of rotatable bonds is 20. The lowest BCUT2D eigenvalue weighted by Crippen LogP contribution is -2.61. The van der Waals surface area contributed by atoms with Crippen molar-refractivity contribution < 1.29 is 42.9 Å². The number of aromatic nitrogens is 3. The van der Waals surface area contributed by atoms with Crippen LogP contribution in [0.3, 0.4) is 0 Å². The highest BCUT2D eigenvalue weighted by molar-refractivity contribution is 8.00. The van der Waals surface area contributed by atoms with Crippen molar-refractivity contribution in [2.45, 2.75) is 107 Å². The lowest BCUT2D eigenvalue weighted by atomic mass is 9.83. The Labute approximate surface area is 433 Å². The zero-order valence-corrected chi connectivity index (χ0v) is 43.8. The van der Waals surface area contributed by atoms with E-state index in [0.29, 0.717) is 84.3 Å². The SMILES string of the molecule is CNc1nc(Nc2ccc(C(=O)N3CCOC(COCC4CCC(CSC(C)(C)C(NC(=O)C5(F)CC5)C(=O)N5C[C@H](O)C[C@H]5C(=O)NCc5ccc(-c6scnc6C)cc5)CC4)C3)cc2OC)ncc1Cl. The van der Waals surface area contributed by atoms with Crippen molar-refractivity contribution in [3.05, 3.63) is 76.0 Å². The monoisotopic (exact) mass is 1050 g/mol.